The number of carbonyl (C=O) groups is 3. The van der Waals surface area contributed by atoms with Gasteiger partial charge in [-0.2, -0.15) is 0 Å². The summed E-state index contributed by atoms with van der Waals surface area (Å²) < 4.78 is 29.5. The Labute approximate surface area is 334 Å². The van der Waals surface area contributed by atoms with Crippen LogP contribution in [0.1, 0.15) is 57.7 Å². The van der Waals surface area contributed by atoms with E-state index >= 15 is 0 Å². The van der Waals surface area contributed by atoms with E-state index in [1.165, 1.54) is 23.8 Å². The van der Waals surface area contributed by atoms with E-state index in [0.29, 0.717) is 13.0 Å². The molecule has 218 valence electrons. The number of carbonyl (C=O) groups excluding carboxylic acids is 3. The van der Waals surface area contributed by atoms with Gasteiger partial charge in [0.1, 0.15) is 18.4 Å². The topological polar surface area (TPSA) is 192 Å². The minimum absolute atomic E-state index is 0. The van der Waals surface area contributed by atoms with Gasteiger partial charge in [0.15, 0.2) is 0 Å². The second kappa shape index (κ2) is 53.9. The number of rotatable bonds is 6. The van der Waals surface area contributed by atoms with Gasteiger partial charge in [0.25, 0.3) is 6.47 Å². The number of aliphatic hydroxyl groups is 2. The summed E-state index contributed by atoms with van der Waals surface area (Å²) in [6, 6.07) is 0. The van der Waals surface area contributed by atoms with Gasteiger partial charge in [0.05, 0.1) is 13.0 Å². The molecule has 0 heterocycles. The average Bonchev–Trinajstić information content (AvgIpc) is 2.80. The Kier molecular flexibility index (Phi) is 93.5. The molecule has 0 radical (unpaired) electrons. The summed E-state index contributed by atoms with van der Waals surface area (Å²) in [5, 5.41) is 23.7. The molecule has 0 rings (SSSR count). The number of hydrogen-bond donors (Lipinski definition) is 2. The molecule has 0 aromatic heterocycles. The Morgan fingerprint density at radius 1 is 0.972 bits per heavy atom. The summed E-state index contributed by atoms with van der Waals surface area (Å²) in [6.07, 6.45) is 0.327. The third-order valence-corrected chi connectivity index (χ3v) is 1.81. The van der Waals surface area contributed by atoms with Crippen molar-refractivity contribution in [2.75, 3.05) is 41.2 Å². The molecule has 0 unspecified atom stereocenters. The molecule has 4 N–H and O–H groups in total. The van der Waals surface area contributed by atoms with Crippen molar-refractivity contribution in [1.29, 1.82) is 0.594 Å². The molecule has 0 fully saturated rings. The van der Waals surface area contributed by atoms with Crippen molar-refractivity contribution >= 4 is 67.0 Å². The number of esters is 2. The molecule has 0 aliphatic carbocycles. The number of methoxy groups -OCH3 is 2. The summed E-state index contributed by atoms with van der Waals surface area (Å²) >= 11 is 1.40. The van der Waals surface area contributed by atoms with Crippen LogP contribution in [0.15, 0.2) is 0 Å². The fraction of sp³-hybridized carbons (Fsp3) is 0.842. The number of ether oxygens (including phenoxy) is 4. The van der Waals surface area contributed by atoms with Gasteiger partial charge < -0.3 is 46.2 Å². The van der Waals surface area contributed by atoms with E-state index in [9.17, 15) is 9.59 Å². The maximum Gasteiger partial charge on any atom is 1.00 e. The van der Waals surface area contributed by atoms with E-state index in [1.54, 1.807) is 35.0 Å². The van der Waals surface area contributed by atoms with Crippen LogP contribution in [-0.2, 0) is 38.2 Å². The fourth-order valence-electron chi connectivity index (χ4n) is 0.952. The Morgan fingerprint density at radius 3 is 1.39 bits per heavy atom. The van der Waals surface area contributed by atoms with Crippen LogP contribution in [0.5, 0.6) is 0 Å². The van der Waals surface area contributed by atoms with Crippen molar-refractivity contribution in [2.24, 2.45) is 0 Å². The zero-order valence-corrected chi connectivity index (χ0v) is 33.7. The molecule has 0 aliphatic rings. The molecule has 36 heavy (non-hydrogen) atoms. The van der Waals surface area contributed by atoms with Crippen LogP contribution in [0.25, 0.3) is 0 Å². The predicted molar refractivity (Wildman–Crippen MR) is 143 cm³/mol. The molecule has 0 aromatic rings. The quantitative estimate of drug-likeness (QED) is 0.0662. The Bertz CT molecular complexity index is 415. The normalized spacial score (nSPS) is 8.19. The van der Waals surface area contributed by atoms with Crippen LogP contribution in [0.4, 0.5) is 0 Å². The maximum absolute atomic E-state index is 10.9. The van der Waals surface area contributed by atoms with Crippen molar-refractivity contribution in [2.45, 2.75) is 66.1 Å². The molecule has 0 aromatic carbocycles. The van der Waals surface area contributed by atoms with E-state index in [-0.39, 0.29) is 147 Å². The number of hydrogen-bond acceptors (Lipinski definition) is 11. The van der Waals surface area contributed by atoms with Crippen molar-refractivity contribution in [3.63, 3.8) is 0 Å². The minimum Gasteiger partial charge on any atom is -1.00 e. The maximum atomic E-state index is 10.9. The molecule has 0 bridgehead atoms. The summed E-state index contributed by atoms with van der Waals surface area (Å²) in [5.41, 5.74) is 5.38. The van der Waals surface area contributed by atoms with Gasteiger partial charge in [0, 0.05) is 27.9 Å². The second-order valence-electron chi connectivity index (χ2n) is 6.84. The molecule has 0 aliphatic heterocycles. The number of aliphatic hydroxyl groups excluding tert-OH is 2. The van der Waals surface area contributed by atoms with Crippen LogP contribution < -0.4 is 108 Å². The third kappa shape index (κ3) is 109. The molecule has 12 nitrogen and oxygen atoms in total. The first-order chi connectivity index (χ1) is 15.7. The first kappa shape index (κ1) is 62.4. The van der Waals surface area contributed by atoms with Crippen molar-refractivity contribution in [1.82, 2.24) is 0 Å². The first-order valence-corrected chi connectivity index (χ1v) is 8.93. The zero-order valence-electron chi connectivity index (χ0n) is 26.6. The van der Waals surface area contributed by atoms with Gasteiger partial charge in [-0.1, -0.05) is 0 Å². The Morgan fingerprint density at radius 2 is 1.25 bits per heavy atom. The zero-order chi connectivity index (χ0) is 29.2. The molecular formula is C19H47Cl2IK2O12. The molecular weight excluding hydrogens is 696 g/mol. The molecule has 0 atom stereocenters. The SMILES string of the molecule is CC(C)(C)OC(=O)CO.CCOC.CO.COCCC(=O)OC(C)(C)C.Cl.Cl.O=CO[O-].[3H]I.[3H]O.[H-].[K+].[K+]. The van der Waals surface area contributed by atoms with Gasteiger partial charge in [-0.25, -0.2) is 4.79 Å². The second-order valence-corrected chi connectivity index (χ2v) is 6.84. The van der Waals surface area contributed by atoms with Gasteiger partial charge in [-0.3, -0.25) is 9.59 Å². The first-order valence-electron chi connectivity index (χ1n) is 9.76. The standard InChI is InChI=1S/C8H16O3.C6H12O3.C3H8O.CH2O3.CH4O.2ClH.HI.2K.H2O.H/c1-8(2,3)11-7(9)5-6-10-4;1-6(2,3)9-5(8)4-7;1-3-4-2;2-1-4-3;1-2;;;;;;;/h5-6H2,1-4H3;7H,4H2,1-3H3;3H2,1-2H3;1,3H;2H,1H3;3*1H;;;1H2;/q;;;;;;;;2*+1;;-1/p-1/i/hT2. The largest absolute Gasteiger partial charge is 1.00 e. The monoisotopic (exact) mass is 746 g/mol. The predicted octanol–water partition coefficient (Wildman–Crippen LogP) is -4.86. The summed E-state index contributed by atoms with van der Waals surface area (Å²) in [7, 11) is 4.24. The van der Waals surface area contributed by atoms with E-state index in [1.807, 2.05) is 27.7 Å². The van der Waals surface area contributed by atoms with Crippen LogP contribution >= 0.6 is 48.6 Å². The van der Waals surface area contributed by atoms with Gasteiger partial charge >= 0.3 is 115 Å². The summed E-state index contributed by atoms with van der Waals surface area (Å²) in [4.78, 5) is 32.5. The Hall–Kier alpha value is 2.75. The Balaban J connectivity index is -0.0000000237. The van der Waals surface area contributed by atoms with Gasteiger partial charge in [-0.15, -0.1) is 48.6 Å². The fourth-order valence-corrected chi connectivity index (χ4v) is 0.952. The van der Waals surface area contributed by atoms with Crippen LogP contribution in [0.2, 0.25) is 0 Å². The summed E-state index contributed by atoms with van der Waals surface area (Å²) in [6.45, 7) is 13.3. The van der Waals surface area contributed by atoms with Crippen LogP contribution in [-0.4, -0.2) is 87.0 Å². The van der Waals surface area contributed by atoms with Crippen LogP contribution in [0.3, 0.4) is 0 Å². The van der Waals surface area contributed by atoms with Gasteiger partial charge in [-0.05, 0) is 48.5 Å². The summed E-state index contributed by atoms with van der Waals surface area (Å²) in [5.74, 6) is -0.790. The van der Waals surface area contributed by atoms with E-state index < -0.39 is 18.2 Å². The minimum atomic E-state index is -0.581. The third-order valence-electron chi connectivity index (χ3n) is 1.81. The smallest absolute Gasteiger partial charge is 1.00 e. The van der Waals surface area contributed by atoms with Crippen LogP contribution in [0, 0.1) is 0 Å². The van der Waals surface area contributed by atoms with Gasteiger partial charge in [0.2, 0.25) is 1.43 Å². The molecule has 0 spiro atoms. The van der Waals surface area contributed by atoms with E-state index in [4.69, 9.17) is 42.0 Å². The molecule has 0 saturated carbocycles. The average molecular weight is 748 g/mol. The molecule has 0 saturated heterocycles. The van der Waals surface area contributed by atoms with Crippen molar-refractivity contribution in [3.8, 4) is 0 Å². The number of halogens is 3. The molecule has 17 heteroatoms. The van der Waals surface area contributed by atoms with E-state index in [0.717, 1.165) is 13.7 Å². The van der Waals surface area contributed by atoms with Crippen molar-refractivity contribution < 1.29 is 165 Å². The van der Waals surface area contributed by atoms with E-state index in [2.05, 4.69) is 9.62 Å². The van der Waals surface area contributed by atoms with Crippen molar-refractivity contribution in [3.05, 3.63) is 0 Å². The molecule has 0 amide bonds.